The first-order valence-corrected chi connectivity index (χ1v) is 14.2. The second-order valence-electron chi connectivity index (χ2n) is 9.42. The van der Waals surface area contributed by atoms with E-state index in [1.165, 1.54) is 13.8 Å². The van der Waals surface area contributed by atoms with Gasteiger partial charge in [-0.05, 0) is 39.0 Å². The van der Waals surface area contributed by atoms with E-state index in [0.717, 1.165) is 6.42 Å². The molecule has 0 rings (SSSR count). The SMILES string of the molecule is CC(=O)NCCCOCCOCCOCCCNC(=O)CC[C@H](N)C(=O)NCC(=O)N[C@@H](CCCN=C(N)N)C(C)=O. The first-order valence-electron chi connectivity index (χ1n) is 14.2. The fraction of sp³-hybridized carbons (Fsp3) is 0.769. The van der Waals surface area contributed by atoms with Crippen molar-refractivity contribution in [3.63, 3.8) is 0 Å². The molecule has 0 spiro atoms. The Hall–Kier alpha value is -3.34. The highest BCUT2D eigenvalue weighted by molar-refractivity contribution is 5.91. The molecule has 10 N–H and O–H groups in total. The summed E-state index contributed by atoms with van der Waals surface area (Å²) in [5.41, 5.74) is 16.3. The Morgan fingerprint density at radius 1 is 0.738 bits per heavy atom. The second-order valence-corrected chi connectivity index (χ2v) is 9.42. The molecule has 0 aromatic carbocycles. The number of hydrogen-bond donors (Lipinski definition) is 7. The molecule has 0 unspecified atom stereocenters. The number of carbonyl (C=O) groups excluding carboxylic acids is 5. The van der Waals surface area contributed by atoms with Crippen LogP contribution in [0.5, 0.6) is 0 Å². The number of rotatable bonds is 26. The molecule has 0 saturated heterocycles. The van der Waals surface area contributed by atoms with Gasteiger partial charge in [-0.15, -0.1) is 0 Å². The topological polar surface area (TPSA) is 252 Å². The van der Waals surface area contributed by atoms with Crippen molar-refractivity contribution < 1.29 is 38.2 Å². The highest BCUT2D eigenvalue weighted by atomic mass is 16.5. The second kappa shape index (κ2) is 25.4. The zero-order valence-corrected chi connectivity index (χ0v) is 24.9. The van der Waals surface area contributed by atoms with E-state index in [1.807, 2.05) is 0 Å². The Bertz CT molecular complexity index is 839. The van der Waals surface area contributed by atoms with Crippen LogP contribution in [0.25, 0.3) is 0 Å². The third-order valence-electron chi connectivity index (χ3n) is 5.58. The fourth-order valence-corrected chi connectivity index (χ4v) is 3.31. The Morgan fingerprint density at radius 3 is 1.86 bits per heavy atom. The quantitative estimate of drug-likeness (QED) is 0.0307. The molecule has 0 aromatic heterocycles. The lowest BCUT2D eigenvalue weighted by molar-refractivity contribution is -0.129. The Kier molecular flexibility index (Phi) is 23.4. The van der Waals surface area contributed by atoms with Gasteiger partial charge in [0.25, 0.3) is 0 Å². The van der Waals surface area contributed by atoms with Crippen molar-refractivity contribution in [3.05, 3.63) is 0 Å². The van der Waals surface area contributed by atoms with Crippen LogP contribution in [0.15, 0.2) is 4.99 Å². The van der Waals surface area contributed by atoms with E-state index in [4.69, 9.17) is 31.4 Å². The van der Waals surface area contributed by atoms with E-state index < -0.39 is 23.9 Å². The number of aliphatic imine (C=N–C) groups is 1. The van der Waals surface area contributed by atoms with Crippen LogP contribution in [0, 0.1) is 0 Å². The number of nitrogens with two attached hydrogens (primary N) is 3. The smallest absolute Gasteiger partial charge is 0.239 e. The van der Waals surface area contributed by atoms with Gasteiger partial charge in [-0.3, -0.25) is 29.0 Å². The molecule has 0 radical (unpaired) electrons. The highest BCUT2D eigenvalue weighted by Gasteiger charge is 2.19. The maximum absolute atomic E-state index is 12.2. The lowest BCUT2D eigenvalue weighted by atomic mass is 10.1. The van der Waals surface area contributed by atoms with Gasteiger partial charge in [0.1, 0.15) is 0 Å². The van der Waals surface area contributed by atoms with Gasteiger partial charge in [0.05, 0.1) is 45.1 Å². The molecule has 42 heavy (non-hydrogen) atoms. The Labute approximate surface area is 247 Å². The van der Waals surface area contributed by atoms with Gasteiger partial charge in [-0.25, -0.2) is 0 Å². The molecular weight excluding hydrogens is 552 g/mol. The molecule has 0 aliphatic heterocycles. The standard InChI is InChI=1S/C26H50N8O8/c1-19(35)22(6-3-9-32-26(28)29)34-24(38)18-33-25(39)21(27)7-8-23(37)31-11-5-13-41-15-17-42-16-14-40-12-4-10-30-20(2)36/h21-22H,3-18,27H2,1-2H3,(H,30,36)(H,31,37)(H,33,39)(H,34,38)(H4,28,29,32)/t21-,22-/m0/s1. The van der Waals surface area contributed by atoms with Crippen molar-refractivity contribution in [1.82, 2.24) is 21.3 Å². The highest BCUT2D eigenvalue weighted by Crippen LogP contribution is 2.00. The van der Waals surface area contributed by atoms with E-state index in [2.05, 4.69) is 26.3 Å². The van der Waals surface area contributed by atoms with Gasteiger partial charge in [0.2, 0.25) is 23.6 Å². The molecule has 16 nitrogen and oxygen atoms in total. The average molecular weight is 603 g/mol. The van der Waals surface area contributed by atoms with E-state index >= 15 is 0 Å². The molecule has 0 aliphatic carbocycles. The van der Waals surface area contributed by atoms with Gasteiger partial charge >= 0.3 is 0 Å². The van der Waals surface area contributed by atoms with Gasteiger partial charge < -0.3 is 52.7 Å². The maximum atomic E-state index is 12.2. The Morgan fingerprint density at radius 2 is 1.31 bits per heavy atom. The van der Waals surface area contributed by atoms with Crippen molar-refractivity contribution in [1.29, 1.82) is 0 Å². The summed E-state index contributed by atoms with van der Waals surface area (Å²) in [6.07, 6.45) is 2.35. The number of ketones is 1. The van der Waals surface area contributed by atoms with Crippen molar-refractivity contribution in [2.75, 3.05) is 65.8 Å². The number of amides is 4. The summed E-state index contributed by atoms with van der Waals surface area (Å²) >= 11 is 0. The summed E-state index contributed by atoms with van der Waals surface area (Å²) in [5, 5.41) is 10.4. The van der Waals surface area contributed by atoms with Crippen LogP contribution in [0.1, 0.15) is 52.4 Å². The third-order valence-corrected chi connectivity index (χ3v) is 5.58. The fourth-order valence-electron chi connectivity index (χ4n) is 3.31. The number of nitrogens with zero attached hydrogens (tertiary/aromatic N) is 1. The van der Waals surface area contributed by atoms with Crippen LogP contribution in [0.4, 0.5) is 0 Å². The van der Waals surface area contributed by atoms with Crippen molar-refractivity contribution in [3.8, 4) is 0 Å². The van der Waals surface area contributed by atoms with Crippen molar-refractivity contribution >= 4 is 35.4 Å². The van der Waals surface area contributed by atoms with Crippen LogP contribution in [-0.2, 0) is 38.2 Å². The normalized spacial score (nSPS) is 12.1. The summed E-state index contributed by atoms with van der Waals surface area (Å²) < 4.78 is 16.2. The zero-order valence-electron chi connectivity index (χ0n) is 24.9. The van der Waals surface area contributed by atoms with E-state index in [1.54, 1.807) is 0 Å². The average Bonchev–Trinajstić information content (AvgIpc) is 2.93. The molecule has 0 fully saturated rings. The summed E-state index contributed by atoms with van der Waals surface area (Å²) in [5.74, 6) is -1.70. The molecular formula is C26H50N8O8. The largest absolute Gasteiger partial charge is 0.379 e. The third kappa shape index (κ3) is 24.5. The van der Waals surface area contributed by atoms with Gasteiger partial charge in [0.15, 0.2) is 11.7 Å². The predicted molar refractivity (Wildman–Crippen MR) is 156 cm³/mol. The van der Waals surface area contributed by atoms with Crippen LogP contribution in [0.3, 0.4) is 0 Å². The number of Topliss-reactive ketones (excluding diaryl/α,β-unsaturated/α-hetero) is 1. The molecule has 0 bridgehead atoms. The Balaban J connectivity index is 3.79. The first-order chi connectivity index (χ1) is 20.0. The summed E-state index contributed by atoms with van der Waals surface area (Å²) in [6.45, 7) is 6.60. The van der Waals surface area contributed by atoms with Crippen LogP contribution in [0.2, 0.25) is 0 Å². The number of carbonyl (C=O) groups is 5. The van der Waals surface area contributed by atoms with Crippen LogP contribution >= 0.6 is 0 Å². The summed E-state index contributed by atoms with van der Waals surface area (Å²) in [4.78, 5) is 62.6. The minimum Gasteiger partial charge on any atom is -0.379 e. The number of ether oxygens (including phenoxy) is 3. The monoisotopic (exact) mass is 602 g/mol. The molecule has 0 saturated carbocycles. The van der Waals surface area contributed by atoms with E-state index in [0.29, 0.717) is 78.5 Å². The molecule has 0 heterocycles. The minimum atomic E-state index is -0.968. The molecule has 0 aromatic rings. The molecule has 242 valence electrons. The number of nitrogens with one attached hydrogen (secondary N) is 4. The van der Waals surface area contributed by atoms with Gasteiger partial charge in [0, 0.05) is 46.2 Å². The summed E-state index contributed by atoms with van der Waals surface area (Å²) in [7, 11) is 0. The molecule has 0 aliphatic rings. The first kappa shape index (κ1) is 38.7. The van der Waals surface area contributed by atoms with Gasteiger partial charge in [-0.2, -0.15) is 0 Å². The van der Waals surface area contributed by atoms with E-state index in [-0.39, 0.29) is 42.9 Å². The van der Waals surface area contributed by atoms with Gasteiger partial charge in [-0.1, -0.05) is 0 Å². The van der Waals surface area contributed by atoms with Crippen molar-refractivity contribution in [2.45, 2.75) is 64.5 Å². The van der Waals surface area contributed by atoms with Crippen LogP contribution < -0.4 is 38.5 Å². The number of hydrogen-bond acceptors (Lipinski definition) is 10. The predicted octanol–water partition coefficient (Wildman–Crippen LogP) is -2.58. The molecule has 2 atom stereocenters. The lowest BCUT2D eigenvalue weighted by Gasteiger charge is -2.16. The maximum Gasteiger partial charge on any atom is 0.239 e. The zero-order chi connectivity index (χ0) is 31.6. The lowest BCUT2D eigenvalue weighted by Crippen LogP contribution is -2.48. The van der Waals surface area contributed by atoms with Crippen LogP contribution in [-0.4, -0.2) is 113 Å². The molecule has 4 amide bonds. The van der Waals surface area contributed by atoms with Crippen molar-refractivity contribution in [2.24, 2.45) is 22.2 Å². The minimum absolute atomic E-state index is 0.0486. The molecule has 16 heteroatoms. The number of guanidine groups is 1. The summed E-state index contributed by atoms with van der Waals surface area (Å²) in [6, 6.07) is -1.69. The van der Waals surface area contributed by atoms with E-state index in [9.17, 15) is 24.0 Å².